The maximum Gasteiger partial charge on any atom is 0.153 e. The molecule has 0 aliphatic rings. The van der Waals surface area contributed by atoms with Gasteiger partial charge in [-0.05, 0) is 28.1 Å². The number of nitrogens with zero attached hydrogens (tertiary/aromatic N) is 1. The summed E-state index contributed by atoms with van der Waals surface area (Å²) in [6.07, 6.45) is 3.51. The van der Waals surface area contributed by atoms with Gasteiger partial charge < -0.3 is 4.42 Å². The second-order valence-corrected chi connectivity index (χ2v) is 3.94. The van der Waals surface area contributed by atoms with E-state index < -0.39 is 0 Å². The van der Waals surface area contributed by atoms with Crippen LogP contribution in [0.4, 0.5) is 0 Å². The number of rotatable bonds is 0. The Bertz CT molecular complexity index is 615. The molecule has 0 aliphatic heterocycles. The van der Waals surface area contributed by atoms with Gasteiger partial charge in [-0.1, -0.05) is 12.1 Å². The lowest BCUT2D eigenvalue weighted by molar-refractivity contribution is 0.665. The fraction of sp³-hybridized carbons (Fsp3) is 0. The van der Waals surface area contributed by atoms with Crippen LogP contribution in [0.1, 0.15) is 0 Å². The number of pyridine rings is 1. The molecular formula is C11H6BrNO. The van der Waals surface area contributed by atoms with Gasteiger partial charge in [0.1, 0.15) is 5.58 Å². The van der Waals surface area contributed by atoms with Gasteiger partial charge in [-0.15, -0.1) is 0 Å². The smallest absolute Gasteiger partial charge is 0.153 e. The number of benzene rings is 1. The minimum absolute atomic E-state index is 0.828. The molecule has 14 heavy (non-hydrogen) atoms. The number of para-hydroxylation sites is 1. The Labute approximate surface area is 88.7 Å². The summed E-state index contributed by atoms with van der Waals surface area (Å²) in [5.41, 5.74) is 1.71. The number of halogens is 1. The largest absolute Gasteiger partial charge is 0.453 e. The number of hydrogen-bond acceptors (Lipinski definition) is 2. The van der Waals surface area contributed by atoms with Crippen LogP contribution in [0, 0.1) is 0 Å². The molecule has 0 saturated carbocycles. The molecule has 3 heteroatoms. The van der Waals surface area contributed by atoms with E-state index in [1.54, 1.807) is 12.4 Å². The van der Waals surface area contributed by atoms with E-state index in [4.69, 9.17) is 4.42 Å². The molecule has 0 radical (unpaired) electrons. The minimum Gasteiger partial charge on any atom is -0.453 e. The third-order valence-electron chi connectivity index (χ3n) is 2.25. The highest BCUT2D eigenvalue weighted by molar-refractivity contribution is 9.10. The van der Waals surface area contributed by atoms with Gasteiger partial charge in [0.15, 0.2) is 5.58 Å². The van der Waals surface area contributed by atoms with Gasteiger partial charge in [0.05, 0.1) is 10.7 Å². The predicted octanol–water partition coefficient (Wildman–Crippen LogP) is 3.74. The van der Waals surface area contributed by atoms with Crippen molar-refractivity contribution < 1.29 is 4.42 Å². The first-order valence-corrected chi connectivity index (χ1v) is 5.06. The normalized spacial score (nSPS) is 11.2. The maximum absolute atomic E-state index is 5.67. The first kappa shape index (κ1) is 8.00. The van der Waals surface area contributed by atoms with Crippen LogP contribution in [0.25, 0.3) is 21.9 Å². The highest BCUT2D eigenvalue weighted by Gasteiger charge is 2.07. The van der Waals surface area contributed by atoms with Crippen molar-refractivity contribution in [1.29, 1.82) is 0 Å². The number of hydrogen-bond donors (Lipinski definition) is 0. The Hall–Kier alpha value is -1.35. The standard InChI is InChI=1S/C11H6BrNO/c12-9-3-1-2-8-7-4-5-13-6-10(7)14-11(8)9/h1-6H. The van der Waals surface area contributed by atoms with Crippen molar-refractivity contribution in [3.8, 4) is 0 Å². The molecule has 0 aliphatic carbocycles. The van der Waals surface area contributed by atoms with Crippen molar-refractivity contribution in [2.75, 3.05) is 0 Å². The van der Waals surface area contributed by atoms with E-state index in [0.717, 1.165) is 26.4 Å². The number of aromatic nitrogens is 1. The van der Waals surface area contributed by atoms with Crippen molar-refractivity contribution >= 4 is 37.9 Å². The first-order valence-electron chi connectivity index (χ1n) is 4.27. The molecule has 2 aromatic heterocycles. The molecule has 0 saturated heterocycles. The van der Waals surface area contributed by atoms with E-state index in [1.807, 2.05) is 24.3 Å². The van der Waals surface area contributed by atoms with Crippen LogP contribution in [-0.2, 0) is 0 Å². The SMILES string of the molecule is Brc1cccc2c1oc1cnccc12. The second-order valence-electron chi connectivity index (χ2n) is 3.09. The van der Waals surface area contributed by atoms with Gasteiger partial charge in [-0.25, -0.2) is 0 Å². The molecule has 0 bridgehead atoms. The molecule has 1 aromatic carbocycles. The molecule has 0 atom stereocenters. The van der Waals surface area contributed by atoms with Crippen molar-refractivity contribution in [3.63, 3.8) is 0 Å². The predicted molar refractivity (Wildman–Crippen MR) is 59.2 cm³/mol. The summed E-state index contributed by atoms with van der Waals surface area (Å²) in [7, 11) is 0. The van der Waals surface area contributed by atoms with Gasteiger partial charge in [-0.3, -0.25) is 4.98 Å². The molecule has 3 aromatic rings. The van der Waals surface area contributed by atoms with Gasteiger partial charge in [0, 0.05) is 17.0 Å². The van der Waals surface area contributed by atoms with Crippen molar-refractivity contribution in [2.24, 2.45) is 0 Å². The van der Waals surface area contributed by atoms with Crippen LogP contribution >= 0.6 is 15.9 Å². The zero-order valence-electron chi connectivity index (χ0n) is 7.20. The average molecular weight is 248 g/mol. The van der Waals surface area contributed by atoms with Crippen LogP contribution in [0.15, 0.2) is 45.5 Å². The minimum atomic E-state index is 0.828. The summed E-state index contributed by atoms with van der Waals surface area (Å²) >= 11 is 3.46. The lowest BCUT2D eigenvalue weighted by Crippen LogP contribution is -1.68. The highest BCUT2D eigenvalue weighted by Crippen LogP contribution is 2.32. The summed E-state index contributed by atoms with van der Waals surface area (Å²) < 4.78 is 6.65. The van der Waals surface area contributed by atoms with Crippen molar-refractivity contribution in [1.82, 2.24) is 4.98 Å². The number of furan rings is 1. The van der Waals surface area contributed by atoms with Crippen LogP contribution in [0.2, 0.25) is 0 Å². The summed E-state index contributed by atoms with van der Waals surface area (Å²) in [4.78, 5) is 4.03. The van der Waals surface area contributed by atoms with E-state index in [-0.39, 0.29) is 0 Å². The molecule has 0 spiro atoms. The molecule has 3 rings (SSSR count). The van der Waals surface area contributed by atoms with Gasteiger partial charge in [0.25, 0.3) is 0 Å². The third kappa shape index (κ3) is 0.990. The summed E-state index contributed by atoms with van der Waals surface area (Å²) in [5, 5.41) is 2.23. The topological polar surface area (TPSA) is 26.0 Å². The maximum atomic E-state index is 5.67. The number of fused-ring (bicyclic) bond motifs is 3. The van der Waals surface area contributed by atoms with Gasteiger partial charge in [-0.2, -0.15) is 0 Å². The van der Waals surface area contributed by atoms with E-state index in [9.17, 15) is 0 Å². The molecule has 0 N–H and O–H groups in total. The Morgan fingerprint density at radius 3 is 3.00 bits per heavy atom. The first-order chi connectivity index (χ1) is 6.86. The third-order valence-corrected chi connectivity index (χ3v) is 2.88. The van der Waals surface area contributed by atoms with E-state index in [1.165, 1.54) is 0 Å². The average Bonchev–Trinajstić information content (AvgIpc) is 2.59. The molecule has 2 heterocycles. The van der Waals surface area contributed by atoms with Crippen LogP contribution in [0.5, 0.6) is 0 Å². The van der Waals surface area contributed by atoms with E-state index in [2.05, 4.69) is 20.9 Å². The molecule has 0 fully saturated rings. The fourth-order valence-electron chi connectivity index (χ4n) is 1.62. The van der Waals surface area contributed by atoms with Gasteiger partial charge >= 0.3 is 0 Å². The van der Waals surface area contributed by atoms with Crippen LogP contribution in [-0.4, -0.2) is 4.98 Å². The Balaban J connectivity index is 2.63. The Morgan fingerprint density at radius 2 is 2.07 bits per heavy atom. The lowest BCUT2D eigenvalue weighted by Gasteiger charge is -1.89. The summed E-state index contributed by atoms with van der Waals surface area (Å²) in [6, 6.07) is 7.99. The summed E-state index contributed by atoms with van der Waals surface area (Å²) in [6.45, 7) is 0. The lowest BCUT2D eigenvalue weighted by atomic mass is 10.2. The quantitative estimate of drug-likeness (QED) is 0.605. The zero-order chi connectivity index (χ0) is 9.54. The molecule has 0 amide bonds. The Morgan fingerprint density at radius 1 is 1.14 bits per heavy atom. The van der Waals surface area contributed by atoms with E-state index >= 15 is 0 Å². The van der Waals surface area contributed by atoms with Gasteiger partial charge in [0.2, 0.25) is 0 Å². The Kier molecular flexibility index (Phi) is 1.61. The molecule has 68 valence electrons. The highest BCUT2D eigenvalue weighted by atomic mass is 79.9. The van der Waals surface area contributed by atoms with E-state index in [0.29, 0.717) is 0 Å². The zero-order valence-corrected chi connectivity index (χ0v) is 8.78. The monoisotopic (exact) mass is 247 g/mol. The fourth-order valence-corrected chi connectivity index (χ4v) is 2.07. The van der Waals surface area contributed by atoms with Crippen LogP contribution < -0.4 is 0 Å². The van der Waals surface area contributed by atoms with Crippen LogP contribution in [0.3, 0.4) is 0 Å². The molecule has 0 unspecified atom stereocenters. The van der Waals surface area contributed by atoms with Crippen molar-refractivity contribution in [2.45, 2.75) is 0 Å². The summed E-state index contributed by atoms with van der Waals surface area (Å²) in [5.74, 6) is 0. The molecular weight excluding hydrogens is 242 g/mol. The second kappa shape index (κ2) is 2.82. The molecule has 2 nitrogen and oxygen atoms in total. The van der Waals surface area contributed by atoms with Crippen molar-refractivity contribution in [3.05, 3.63) is 41.1 Å².